The summed E-state index contributed by atoms with van der Waals surface area (Å²) in [7, 11) is -1.97. The number of ether oxygens (including phenoxy) is 1. The van der Waals surface area contributed by atoms with Crippen LogP contribution in [0, 0.1) is 6.92 Å². The molecule has 1 aliphatic rings. The second-order valence-electron chi connectivity index (χ2n) is 7.85. The molecule has 3 aromatic rings. The monoisotopic (exact) mass is 452 g/mol. The van der Waals surface area contributed by atoms with Gasteiger partial charge in [0.2, 0.25) is 10.0 Å². The van der Waals surface area contributed by atoms with Crippen molar-refractivity contribution in [2.75, 3.05) is 38.2 Å². The van der Waals surface area contributed by atoms with Gasteiger partial charge in [0.1, 0.15) is 5.75 Å². The third-order valence-electron chi connectivity index (χ3n) is 5.88. The van der Waals surface area contributed by atoms with Crippen LogP contribution in [0.1, 0.15) is 18.1 Å². The molecule has 0 bridgehead atoms. The zero-order valence-electron chi connectivity index (χ0n) is 18.7. The van der Waals surface area contributed by atoms with E-state index in [-0.39, 0.29) is 0 Å². The molecular weight excluding hydrogens is 424 g/mol. The number of methoxy groups -OCH3 is 1. The molecule has 32 heavy (non-hydrogen) atoms. The van der Waals surface area contributed by atoms with Crippen molar-refractivity contribution in [2.45, 2.75) is 25.2 Å². The molecule has 0 amide bonds. The maximum atomic E-state index is 13.1. The highest BCUT2D eigenvalue weighted by atomic mass is 32.2. The van der Waals surface area contributed by atoms with E-state index in [2.05, 4.69) is 46.3 Å². The molecule has 1 aromatic heterocycles. The lowest BCUT2D eigenvalue weighted by atomic mass is 10.1. The van der Waals surface area contributed by atoms with Crippen molar-refractivity contribution in [1.29, 1.82) is 0 Å². The number of benzene rings is 2. The first-order chi connectivity index (χ1) is 15.4. The topological polar surface area (TPSA) is 75.6 Å². The first-order valence-corrected chi connectivity index (χ1v) is 12.2. The summed E-state index contributed by atoms with van der Waals surface area (Å²) in [5.41, 5.74) is 3.95. The van der Waals surface area contributed by atoms with Crippen molar-refractivity contribution >= 4 is 15.8 Å². The van der Waals surface area contributed by atoms with Gasteiger partial charge in [0.25, 0.3) is 0 Å². The van der Waals surface area contributed by atoms with Gasteiger partial charge in [-0.25, -0.2) is 8.42 Å². The SMILES string of the molecule is CCc1ccc(-c2ccc(N3CCN(S(=O)(=O)c4ccc(OC)c(C)c4)CC3)nn2)cc1. The van der Waals surface area contributed by atoms with Crippen molar-refractivity contribution in [3.05, 3.63) is 65.7 Å². The van der Waals surface area contributed by atoms with Crippen molar-refractivity contribution in [1.82, 2.24) is 14.5 Å². The summed E-state index contributed by atoms with van der Waals surface area (Å²) in [4.78, 5) is 2.37. The fourth-order valence-corrected chi connectivity index (χ4v) is 5.38. The van der Waals surface area contributed by atoms with E-state index < -0.39 is 10.0 Å². The Labute approximate surface area is 189 Å². The number of rotatable bonds is 6. The average Bonchev–Trinajstić information content (AvgIpc) is 2.84. The Morgan fingerprint density at radius 3 is 2.22 bits per heavy atom. The Morgan fingerprint density at radius 2 is 1.66 bits per heavy atom. The number of aromatic nitrogens is 2. The molecule has 2 aromatic carbocycles. The van der Waals surface area contributed by atoms with Crippen LogP contribution in [-0.4, -0.2) is 56.2 Å². The van der Waals surface area contributed by atoms with Gasteiger partial charge in [0.15, 0.2) is 5.82 Å². The van der Waals surface area contributed by atoms with E-state index in [0.717, 1.165) is 29.1 Å². The molecule has 1 fully saturated rings. The van der Waals surface area contributed by atoms with Crippen LogP contribution >= 0.6 is 0 Å². The standard InChI is InChI=1S/C24H28N4O3S/c1-4-19-5-7-20(8-6-19)22-10-12-24(26-25-22)27-13-15-28(16-14-27)32(29,30)21-9-11-23(31-3)18(2)17-21/h5-12,17H,4,13-16H2,1-3H3. The number of hydrogen-bond donors (Lipinski definition) is 0. The molecule has 0 spiro atoms. The summed E-state index contributed by atoms with van der Waals surface area (Å²) in [6, 6.07) is 17.2. The van der Waals surface area contributed by atoms with Crippen LogP contribution in [0.2, 0.25) is 0 Å². The predicted octanol–water partition coefficient (Wildman–Crippen LogP) is 3.53. The summed E-state index contributed by atoms with van der Waals surface area (Å²) >= 11 is 0. The van der Waals surface area contributed by atoms with Gasteiger partial charge in [-0.15, -0.1) is 10.2 Å². The molecule has 2 heterocycles. The van der Waals surface area contributed by atoms with E-state index in [1.807, 2.05) is 19.1 Å². The minimum absolute atomic E-state index is 0.294. The highest BCUT2D eigenvalue weighted by Crippen LogP contribution is 2.25. The molecule has 0 unspecified atom stereocenters. The largest absolute Gasteiger partial charge is 0.496 e. The maximum absolute atomic E-state index is 13.1. The number of sulfonamides is 1. The lowest BCUT2D eigenvalue weighted by Gasteiger charge is -2.34. The number of nitrogens with zero attached hydrogens (tertiary/aromatic N) is 4. The summed E-state index contributed by atoms with van der Waals surface area (Å²) in [5, 5.41) is 8.78. The van der Waals surface area contributed by atoms with Gasteiger partial charge in [-0.2, -0.15) is 4.31 Å². The smallest absolute Gasteiger partial charge is 0.243 e. The number of piperazine rings is 1. The van der Waals surface area contributed by atoms with Crippen molar-refractivity contribution in [3.63, 3.8) is 0 Å². The lowest BCUT2D eigenvalue weighted by molar-refractivity contribution is 0.383. The van der Waals surface area contributed by atoms with Gasteiger partial charge < -0.3 is 9.64 Å². The Morgan fingerprint density at radius 1 is 0.938 bits per heavy atom. The summed E-state index contributed by atoms with van der Waals surface area (Å²) in [6.45, 7) is 5.90. The van der Waals surface area contributed by atoms with E-state index in [4.69, 9.17) is 4.74 Å². The molecule has 0 aliphatic carbocycles. The predicted molar refractivity (Wildman–Crippen MR) is 126 cm³/mol. The summed E-state index contributed by atoms with van der Waals surface area (Å²) in [5.74, 6) is 1.44. The quantitative estimate of drug-likeness (QED) is 0.570. The van der Waals surface area contributed by atoms with Crippen LogP contribution in [0.25, 0.3) is 11.3 Å². The van der Waals surface area contributed by atoms with Gasteiger partial charge in [-0.1, -0.05) is 31.2 Å². The average molecular weight is 453 g/mol. The Kier molecular flexibility index (Phi) is 6.43. The Balaban J connectivity index is 1.42. The van der Waals surface area contributed by atoms with Gasteiger partial charge in [-0.3, -0.25) is 0 Å². The summed E-state index contributed by atoms with van der Waals surface area (Å²) in [6.07, 6.45) is 1.00. The minimum atomic E-state index is -3.55. The maximum Gasteiger partial charge on any atom is 0.243 e. The number of anilines is 1. The molecule has 0 atom stereocenters. The second kappa shape index (κ2) is 9.26. The van der Waals surface area contributed by atoms with Crippen LogP contribution < -0.4 is 9.64 Å². The zero-order valence-corrected chi connectivity index (χ0v) is 19.5. The van der Waals surface area contributed by atoms with Crippen LogP contribution in [0.5, 0.6) is 5.75 Å². The molecule has 0 radical (unpaired) electrons. The molecular formula is C24H28N4O3S. The fourth-order valence-electron chi connectivity index (χ4n) is 3.88. The molecule has 4 rings (SSSR count). The Hall–Kier alpha value is -2.97. The van der Waals surface area contributed by atoms with Crippen molar-refractivity contribution in [3.8, 4) is 17.0 Å². The first kappa shape index (κ1) is 22.2. The van der Waals surface area contributed by atoms with Crippen molar-refractivity contribution in [2.24, 2.45) is 0 Å². The molecule has 0 saturated carbocycles. The van der Waals surface area contributed by atoms with Crippen LogP contribution in [0.4, 0.5) is 5.82 Å². The van der Waals surface area contributed by atoms with Crippen molar-refractivity contribution < 1.29 is 13.2 Å². The number of aryl methyl sites for hydroxylation is 2. The second-order valence-corrected chi connectivity index (χ2v) is 9.79. The molecule has 8 heteroatoms. The number of hydrogen-bond acceptors (Lipinski definition) is 6. The van der Waals surface area contributed by atoms with E-state index in [9.17, 15) is 8.42 Å². The molecule has 1 aliphatic heterocycles. The highest BCUT2D eigenvalue weighted by Gasteiger charge is 2.29. The molecule has 168 valence electrons. The molecule has 1 saturated heterocycles. The Bertz CT molecular complexity index is 1170. The normalized spacial score (nSPS) is 15.0. The van der Waals surface area contributed by atoms with E-state index in [1.54, 1.807) is 25.3 Å². The minimum Gasteiger partial charge on any atom is -0.496 e. The van der Waals surface area contributed by atoms with Crippen LogP contribution in [0.15, 0.2) is 59.5 Å². The van der Waals surface area contributed by atoms with E-state index >= 15 is 0 Å². The molecule has 0 N–H and O–H groups in total. The fraction of sp³-hybridized carbons (Fsp3) is 0.333. The van der Waals surface area contributed by atoms with Crippen LogP contribution in [0.3, 0.4) is 0 Å². The third kappa shape index (κ3) is 4.47. The molecule has 7 nitrogen and oxygen atoms in total. The zero-order chi connectivity index (χ0) is 22.7. The van der Waals surface area contributed by atoms with Crippen LogP contribution in [-0.2, 0) is 16.4 Å². The van der Waals surface area contributed by atoms with Gasteiger partial charge in [0, 0.05) is 31.7 Å². The van der Waals surface area contributed by atoms with E-state index in [1.165, 1.54) is 9.87 Å². The third-order valence-corrected chi connectivity index (χ3v) is 7.77. The van der Waals surface area contributed by atoms with Gasteiger partial charge in [0.05, 0.1) is 17.7 Å². The first-order valence-electron chi connectivity index (χ1n) is 10.7. The highest BCUT2D eigenvalue weighted by molar-refractivity contribution is 7.89. The lowest BCUT2D eigenvalue weighted by Crippen LogP contribution is -2.49. The van der Waals surface area contributed by atoms with E-state index in [0.29, 0.717) is 36.8 Å². The summed E-state index contributed by atoms with van der Waals surface area (Å²) < 4.78 is 32.9. The van der Waals surface area contributed by atoms with Gasteiger partial charge >= 0.3 is 0 Å². The van der Waals surface area contributed by atoms with Gasteiger partial charge in [-0.05, 0) is 54.8 Å².